The van der Waals surface area contributed by atoms with Crippen LogP contribution in [-0.2, 0) is 0 Å². The van der Waals surface area contributed by atoms with E-state index in [0.29, 0.717) is 24.2 Å². The average Bonchev–Trinajstić information content (AvgIpc) is 2.46. The number of aliphatic imine (C=N–C) groups is 1. The molecule has 0 saturated heterocycles. The van der Waals surface area contributed by atoms with Crippen LogP contribution < -0.4 is 16.0 Å². The Hall–Kier alpha value is -1.38. The van der Waals surface area contributed by atoms with E-state index in [1.165, 1.54) is 6.07 Å². The maximum atomic E-state index is 13.4. The average molecular weight is 422 g/mol. The molecule has 0 aliphatic heterocycles. The first-order valence-electron chi connectivity index (χ1n) is 7.15. The SMILES string of the molecule is CCNC(=NCCNC(=O)c1ccc(C)c(F)c1)NCC.I. The predicted octanol–water partition coefficient (Wildman–Crippen LogP) is 2.06. The summed E-state index contributed by atoms with van der Waals surface area (Å²) in [6.07, 6.45) is 0. The van der Waals surface area contributed by atoms with Crippen molar-refractivity contribution in [1.82, 2.24) is 16.0 Å². The number of aryl methyl sites for hydroxylation is 1. The standard InChI is InChI=1S/C15H23FN4O.HI/c1-4-17-15(18-5-2)20-9-8-19-14(21)12-7-6-11(3)13(16)10-12;/h6-7,10H,4-5,8-9H2,1-3H3,(H,19,21)(H2,17,18,20);1H. The molecule has 1 aromatic carbocycles. The molecular formula is C15H24FIN4O. The minimum absolute atomic E-state index is 0. The Bertz CT molecular complexity index is 500. The Morgan fingerprint density at radius 1 is 1.18 bits per heavy atom. The fraction of sp³-hybridized carbons (Fsp3) is 0.467. The number of benzene rings is 1. The Morgan fingerprint density at radius 2 is 1.82 bits per heavy atom. The van der Waals surface area contributed by atoms with E-state index >= 15 is 0 Å². The fourth-order valence-electron chi connectivity index (χ4n) is 1.68. The number of rotatable bonds is 6. The molecule has 0 atom stereocenters. The summed E-state index contributed by atoms with van der Waals surface area (Å²) in [5, 5.41) is 8.90. The summed E-state index contributed by atoms with van der Waals surface area (Å²) in [4.78, 5) is 16.2. The molecule has 0 saturated carbocycles. The van der Waals surface area contributed by atoms with E-state index in [4.69, 9.17) is 0 Å². The van der Waals surface area contributed by atoms with Crippen molar-refractivity contribution in [3.05, 3.63) is 35.1 Å². The van der Waals surface area contributed by atoms with Crippen molar-refractivity contribution in [2.24, 2.45) is 4.99 Å². The third-order valence-corrected chi connectivity index (χ3v) is 2.79. The first-order valence-corrected chi connectivity index (χ1v) is 7.15. The zero-order valence-electron chi connectivity index (χ0n) is 13.2. The van der Waals surface area contributed by atoms with Crippen LogP contribution in [0.5, 0.6) is 0 Å². The van der Waals surface area contributed by atoms with Crippen LogP contribution >= 0.6 is 24.0 Å². The maximum Gasteiger partial charge on any atom is 0.251 e. The summed E-state index contributed by atoms with van der Waals surface area (Å²) in [7, 11) is 0. The van der Waals surface area contributed by atoms with Crippen molar-refractivity contribution < 1.29 is 9.18 Å². The van der Waals surface area contributed by atoms with Crippen molar-refractivity contribution >= 4 is 35.8 Å². The van der Waals surface area contributed by atoms with Crippen molar-refractivity contribution in [2.45, 2.75) is 20.8 Å². The molecule has 0 radical (unpaired) electrons. The van der Waals surface area contributed by atoms with Gasteiger partial charge in [-0.2, -0.15) is 0 Å². The number of carbonyl (C=O) groups excluding carboxylic acids is 1. The number of nitrogens with zero attached hydrogens (tertiary/aromatic N) is 1. The second-order valence-electron chi connectivity index (χ2n) is 4.51. The number of nitrogens with one attached hydrogen (secondary N) is 3. The summed E-state index contributed by atoms with van der Waals surface area (Å²) in [6, 6.07) is 4.45. The van der Waals surface area contributed by atoms with E-state index in [0.717, 1.165) is 19.0 Å². The highest BCUT2D eigenvalue weighted by Crippen LogP contribution is 2.08. The molecule has 0 spiro atoms. The molecule has 0 aliphatic rings. The molecule has 5 nitrogen and oxygen atoms in total. The highest BCUT2D eigenvalue weighted by molar-refractivity contribution is 14.0. The van der Waals surface area contributed by atoms with E-state index in [-0.39, 0.29) is 35.7 Å². The molecule has 0 heterocycles. The molecule has 22 heavy (non-hydrogen) atoms. The van der Waals surface area contributed by atoms with Gasteiger partial charge in [-0.25, -0.2) is 4.39 Å². The first-order chi connectivity index (χ1) is 10.1. The molecule has 7 heteroatoms. The Balaban J connectivity index is 0.00000441. The molecular weight excluding hydrogens is 398 g/mol. The summed E-state index contributed by atoms with van der Waals surface area (Å²) in [5.74, 6) is 0.0513. The summed E-state index contributed by atoms with van der Waals surface area (Å²) < 4.78 is 13.4. The molecule has 1 amide bonds. The summed E-state index contributed by atoms with van der Waals surface area (Å²) in [6.45, 7) is 8.04. The first kappa shape index (κ1) is 20.6. The molecule has 0 aliphatic carbocycles. The Labute approximate surface area is 148 Å². The van der Waals surface area contributed by atoms with Crippen LogP contribution in [0.25, 0.3) is 0 Å². The van der Waals surface area contributed by atoms with Crippen LogP contribution in [0.3, 0.4) is 0 Å². The van der Waals surface area contributed by atoms with Crippen LogP contribution in [0.2, 0.25) is 0 Å². The molecule has 1 rings (SSSR count). The number of amides is 1. The Kier molecular flexibility index (Phi) is 10.5. The van der Waals surface area contributed by atoms with Crippen molar-refractivity contribution in [3.8, 4) is 0 Å². The topological polar surface area (TPSA) is 65.5 Å². The number of halogens is 2. The summed E-state index contributed by atoms with van der Waals surface area (Å²) >= 11 is 0. The zero-order chi connectivity index (χ0) is 15.7. The van der Waals surface area contributed by atoms with Crippen molar-refractivity contribution in [3.63, 3.8) is 0 Å². The van der Waals surface area contributed by atoms with E-state index in [1.807, 2.05) is 13.8 Å². The number of hydrogen-bond donors (Lipinski definition) is 3. The van der Waals surface area contributed by atoms with Gasteiger partial charge >= 0.3 is 0 Å². The van der Waals surface area contributed by atoms with Crippen molar-refractivity contribution in [2.75, 3.05) is 26.2 Å². The molecule has 0 aromatic heterocycles. The largest absolute Gasteiger partial charge is 0.357 e. The molecule has 3 N–H and O–H groups in total. The third-order valence-electron chi connectivity index (χ3n) is 2.79. The van der Waals surface area contributed by atoms with Gasteiger partial charge in [-0.3, -0.25) is 9.79 Å². The Morgan fingerprint density at radius 3 is 2.36 bits per heavy atom. The van der Waals surface area contributed by atoms with Gasteiger partial charge < -0.3 is 16.0 Å². The number of carbonyl (C=O) groups is 1. The van der Waals surface area contributed by atoms with Crippen molar-refractivity contribution in [1.29, 1.82) is 0 Å². The van der Waals surface area contributed by atoms with Gasteiger partial charge in [-0.05, 0) is 38.5 Å². The molecule has 1 aromatic rings. The minimum atomic E-state index is -0.373. The van der Waals surface area contributed by atoms with Crippen LogP contribution in [0, 0.1) is 12.7 Å². The van der Waals surface area contributed by atoms with E-state index < -0.39 is 0 Å². The maximum absolute atomic E-state index is 13.4. The van der Waals surface area contributed by atoms with Crippen LogP contribution in [0.15, 0.2) is 23.2 Å². The molecule has 0 fully saturated rings. The lowest BCUT2D eigenvalue weighted by Crippen LogP contribution is -2.37. The van der Waals surface area contributed by atoms with Gasteiger partial charge in [0, 0.05) is 25.2 Å². The van der Waals surface area contributed by atoms with Gasteiger partial charge in [0.15, 0.2) is 5.96 Å². The summed E-state index contributed by atoms with van der Waals surface area (Å²) in [5.41, 5.74) is 0.845. The second kappa shape index (κ2) is 11.2. The number of hydrogen-bond acceptors (Lipinski definition) is 2. The monoisotopic (exact) mass is 422 g/mol. The smallest absolute Gasteiger partial charge is 0.251 e. The zero-order valence-corrected chi connectivity index (χ0v) is 15.5. The van der Waals surface area contributed by atoms with Gasteiger partial charge in [0.25, 0.3) is 5.91 Å². The van der Waals surface area contributed by atoms with E-state index in [1.54, 1.807) is 19.1 Å². The highest BCUT2D eigenvalue weighted by atomic mass is 127. The minimum Gasteiger partial charge on any atom is -0.357 e. The lowest BCUT2D eigenvalue weighted by molar-refractivity contribution is 0.0954. The van der Waals surface area contributed by atoms with Gasteiger partial charge in [-0.1, -0.05) is 6.07 Å². The lowest BCUT2D eigenvalue weighted by atomic mass is 10.1. The quantitative estimate of drug-likeness (QED) is 0.285. The fourth-order valence-corrected chi connectivity index (χ4v) is 1.68. The van der Waals surface area contributed by atoms with E-state index in [9.17, 15) is 9.18 Å². The molecule has 0 unspecified atom stereocenters. The predicted molar refractivity (Wildman–Crippen MR) is 98.5 cm³/mol. The van der Waals surface area contributed by atoms with Crippen LogP contribution in [0.1, 0.15) is 29.8 Å². The normalized spacial score (nSPS) is 9.45. The van der Waals surface area contributed by atoms with Gasteiger partial charge in [0.1, 0.15) is 5.82 Å². The van der Waals surface area contributed by atoms with E-state index in [2.05, 4.69) is 20.9 Å². The van der Waals surface area contributed by atoms with Gasteiger partial charge in [-0.15, -0.1) is 24.0 Å². The van der Waals surface area contributed by atoms with Gasteiger partial charge in [0.2, 0.25) is 0 Å². The van der Waals surface area contributed by atoms with Crippen LogP contribution in [0.4, 0.5) is 4.39 Å². The third kappa shape index (κ3) is 7.06. The highest BCUT2D eigenvalue weighted by Gasteiger charge is 2.07. The number of guanidine groups is 1. The second-order valence-corrected chi connectivity index (χ2v) is 4.51. The van der Waals surface area contributed by atoms with Crippen LogP contribution in [-0.4, -0.2) is 38.0 Å². The molecule has 0 bridgehead atoms. The molecule has 124 valence electrons. The van der Waals surface area contributed by atoms with Gasteiger partial charge in [0.05, 0.1) is 6.54 Å². The lowest BCUT2D eigenvalue weighted by Gasteiger charge is -2.09.